The molecular formula is C11H8NO3. The monoisotopic (exact) mass is 202 g/mol. The molecule has 1 aromatic carbocycles. The summed E-state index contributed by atoms with van der Waals surface area (Å²) in [7, 11) is 0. The molecule has 15 heavy (non-hydrogen) atoms. The van der Waals surface area contributed by atoms with Crippen molar-refractivity contribution in [3.63, 3.8) is 0 Å². The molecule has 2 rings (SSSR count). The average molecular weight is 202 g/mol. The number of benzene rings is 1. The summed E-state index contributed by atoms with van der Waals surface area (Å²) in [4.78, 5) is 34.9. The summed E-state index contributed by atoms with van der Waals surface area (Å²) < 4.78 is 0. The van der Waals surface area contributed by atoms with E-state index in [9.17, 15) is 14.4 Å². The van der Waals surface area contributed by atoms with Crippen LogP contribution >= 0.6 is 0 Å². The molecule has 1 aromatic rings. The first kappa shape index (κ1) is 9.58. The van der Waals surface area contributed by atoms with E-state index in [0.717, 1.165) is 4.90 Å². The second-order valence-electron chi connectivity index (χ2n) is 3.32. The fraction of sp³-hybridized carbons (Fsp3) is 0.182. The van der Waals surface area contributed by atoms with Crippen molar-refractivity contribution in [3.8, 4) is 0 Å². The normalized spacial score (nSPS) is 16.5. The summed E-state index contributed by atoms with van der Waals surface area (Å²) in [6.45, 7) is 1.47. The fourth-order valence-electron chi connectivity index (χ4n) is 1.61. The van der Waals surface area contributed by atoms with Crippen LogP contribution < -0.4 is 0 Å². The Morgan fingerprint density at radius 3 is 2.00 bits per heavy atom. The Morgan fingerprint density at radius 1 is 1.13 bits per heavy atom. The van der Waals surface area contributed by atoms with E-state index < -0.39 is 17.9 Å². The minimum absolute atomic E-state index is 0.351. The van der Waals surface area contributed by atoms with E-state index in [0.29, 0.717) is 11.1 Å². The van der Waals surface area contributed by atoms with Crippen LogP contribution in [0.3, 0.4) is 0 Å². The van der Waals surface area contributed by atoms with Crippen LogP contribution in [0.15, 0.2) is 24.3 Å². The number of carbonyl (C=O) groups is 2. The van der Waals surface area contributed by atoms with Gasteiger partial charge in [0, 0.05) is 0 Å². The lowest BCUT2D eigenvalue weighted by atomic mass is 10.1. The fourth-order valence-corrected chi connectivity index (χ4v) is 1.61. The zero-order valence-electron chi connectivity index (χ0n) is 8.06. The summed E-state index contributed by atoms with van der Waals surface area (Å²) >= 11 is 0. The van der Waals surface area contributed by atoms with Crippen LogP contribution in [0, 0.1) is 0 Å². The highest BCUT2D eigenvalue weighted by Crippen LogP contribution is 2.23. The van der Waals surface area contributed by atoms with E-state index in [1.165, 1.54) is 6.92 Å². The molecule has 1 aliphatic rings. The van der Waals surface area contributed by atoms with Crippen LogP contribution in [0.5, 0.6) is 0 Å². The van der Waals surface area contributed by atoms with Crippen molar-refractivity contribution in [3.05, 3.63) is 35.4 Å². The molecule has 4 nitrogen and oxygen atoms in total. The first-order chi connectivity index (χ1) is 7.16. The first-order valence-electron chi connectivity index (χ1n) is 4.51. The number of hydrogen-bond donors (Lipinski definition) is 0. The standard InChI is InChI=1S/C11H8NO3/c1-7(6-13)12-10(14)8-4-2-3-5-9(8)11(12)15/h2-5,7H,1H3/t7-/m0/s1. The molecule has 0 saturated carbocycles. The Hall–Kier alpha value is -1.97. The highest BCUT2D eigenvalue weighted by Gasteiger charge is 2.38. The van der Waals surface area contributed by atoms with Crippen LogP contribution in [0.25, 0.3) is 0 Å². The highest BCUT2D eigenvalue weighted by molar-refractivity contribution is 6.22. The molecule has 0 saturated heterocycles. The Morgan fingerprint density at radius 2 is 1.60 bits per heavy atom. The van der Waals surface area contributed by atoms with Gasteiger partial charge in [-0.25, -0.2) is 0 Å². The lowest BCUT2D eigenvalue weighted by Gasteiger charge is -2.15. The second-order valence-corrected chi connectivity index (χ2v) is 3.32. The van der Waals surface area contributed by atoms with Crippen molar-refractivity contribution in [2.75, 3.05) is 0 Å². The molecule has 0 spiro atoms. The van der Waals surface area contributed by atoms with E-state index in [4.69, 9.17) is 0 Å². The number of fused-ring (bicyclic) bond motifs is 1. The van der Waals surface area contributed by atoms with Crippen molar-refractivity contribution in [1.29, 1.82) is 0 Å². The number of carbonyl (C=O) groups excluding carboxylic acids is 3. The van der Waals surface area contributed by atoms with Gasteiger partial charge < -0.3 is 0 Å². The van der Waals surface area contributed by atoms with Crippen molar-refractivity contribution in [2.45, 2.75) is 13.0 Å². The van der Waals surface area contributed by atoms with E-state index in [2.05, 4.69) is 0 Å². The van der Waals surface area contributed by atoms with Gasteiger partial charge in [-0.05, 0) is 19.1 Å². The molecule has 1 aliphatic heterocycles. The van der Waals surface area contributed by atoms with Gasteiger partial charge >= 0.3 is 0 Å². The van der Waals surface area contributed by atoms with Gasteiger partial charge in [-0.3, -0.25) is 19.3 Å². The number of hydrogen-bond acceptors (Lipinski definition) is 3. The molecule has 0 bridgehead atoms. The molecule has 2 amide bonds. The number of rotatable bonds is 2. The van der Waals surface area contributed by atoms with Gasteiger partial charge in [0.15, 0.2) is 0 Å². The summed E-state index contributed by atoms with van der Waals surface area (Å²) in [6.07, 6.45) is 1.64. The lowest BCUT2D eigenvalue weighted by Crippen LogP contribution is -2.38. The lowest BCUT2D eigenvalue weighted by molar-refractivity contribution is 0.0633. The second kappa shape index (κ2) is 3.31. The van der Waals surface area contributed by atoms with Gasteiger partial charge in [-0.1, -0.05) is 12.1 Å². The smallest absolute Gasteiger partial charge is 0.262 e. The van der Waals surface area contributed by atoms with Gasteiger partial charge in [-0.2, -0.15) is 0 Å². The van der Waals surface area contributed by atoms with Gasteiger partial charge in [0.1, 0.15) is 6.04 Å². The summed E-state index contributed by atoms with van der Waals surface area (Å²) in [5.41, 5.74) is 0.703. The number of nitrogens with zero attached hydrogens (tertiary/aromatic N) is 1. The Labute approximate surface area is 86.5 Å². The average Bonchev–Trinajstić information content (AvgIpc) is 2.52. The van der Waals surface area contributed by atoms with E-state index in [1.807, 2.05) is 0 Å². The highest BCUT2D eigenvalue weighted by atomic mass is 16.2. The molecule has 1 atom stereocenters. The molecule has 0 aliphatic carbocycles. The van der Waals surface area contributed by atoms with Crippen molar-refractivity contribution in [2.24, 2.45) is 0 Å². The molecule has 4 heteroatoms. The van der Waals surface area contributed by atoms with E-state index in [-0.39, 0.29) is 0 Å². The van der Waals surface area contributed by atoms with Gasteiger partial charge in [0.2, 0.25) is 6.29 Å². The van der Waals surface area contributed by atoms with E-state index >= 15 is 0 Å². The van der Waals surface area contributed by atoms with Crippen LogP contribution in [-0.2, 0) is 4.79 Å². The Kier molecular flexibility index (Phi) is 2.11. The van der Waals surface area contributed by atoms with E-state index in [1.54, 1.807) is 30.6 Å². The number of amides is 2. The third kappa shape index (κ3) is 1.26. The van der Waals surface area contributed by atoms with Crippen LogP contribution in [-0.4, -0.2) is 29.0 Å². The maximum atomic E-state index is 11.7. The molecule has 75 valence electrons. The van der Waals surface area contributed by atoms with Gasteiger partial charge in [0.25, 0.3) is 11.8 Å². The molecule has 0 aromatic heterocycles. The predicted molar refractivity (Wildman–Crippen MR) is 52.1 cm³/mol. The minimum atomic E-state index is -0.836. The van der Waals surface area contributed by atoms with Crippen LogP contribution in [0.1, 0.15) is 27.6 Å². The quantitative estimate of drug-likeness (QED) is 0.666. The van der Waals surface area contributed by atoms with Gasteiger partial charge in [-0.15, -0.1) is 0 Å². The Balaban J connectivity index is 2.50. The zero-order valence-corrected chi connectivity index (χ0v) is 8.06. The summed E-state index contributed by atoms with van der Waals surface area (Å²) in [6, 6.07) is 5.68. The SMILES string of the molecule is C[C@@H]([C]=O)N1C(=O)c2ccccc2C1=O. The van der Waals surface area contributed by atoms with Crippen molar-refractivity contribution < 1.29 is 14.4 Å². The molecule has 0 N–H and O–H groups in total. The largest absolute Gasteiger partial charge is 0.288 e. The maximum absolute atomic E-state index is 11.7. The third-order valence-electron chi connectivity index (χ3n) is 2.38. The third-order valence-corrected chi connectivity index (χ3v) is 2.38. The Bertz CT molecular complexity index is 418. The van der Waals surface area contributed by atoms with Crippen LogP contribution in [0.4, 0.5) is 0 Å². The van der Waals surface area contributed by atoms with Crippen molar-refractivity contribution in [1.82, 2.24) is 4.90 Å². The summed E-state index contributed by atoms with van der Waals surface area (Å²) in [5, 5.41) is 0. The van der Waals surface area contributed by atoms with Crippen LogP contribution in [0.2, 0.25) is 0 Å². The molecule has 0 fully saturated rings. The zero-order chi connectivity index (χ0) is 11.0. The topological polar surface area (TPSA) is 54.5 Å². The number of imide groups is 1. The predicted octanol–water partition coefficient (Wildman–Crippen LogP) is 0.781. The van der Waals surface area contributed by atoms with Gasteiger partial charge in [0.05, 0.1) is 11.1 Å². The maximum Gasteiger partial charge on any atom is 0.262 e. The molecular weight excluding hydrogens is 194 g/mol. The molecule has 1 radical (unpaired) electrons. The molecule has 1 heterocycles. The van der Waals surface area contributed by atoms with Crippen molar-refractivity contribution >= 4 is 18.1 Å². The first-order valence-corrected chi connectivity index (χ1v) is 4.51. The molecule has 0 unspecified atom stereocenters. The minimum Gasteiger partial charge on any atom is -0.288 e. The summed E-state index contributed by atoms with van der Waals surface area (Å²) in [5.74, 6) is -0.849.